The lowest BCUT2D eigenvalue weighted by molar-refractivity contribution is -0.0242. The van der Waals surface area contributed by atoms with E-state index in [9.17, 15) is 5.11 Å². The summed E-state index contributed by atoms with van der Waals surface area (Å²) in [7, 11) is 3.80. The Kier molecular flexibility index (Phi) is 3.36. The van der Waals surface area contributed by atoms with Crippen LogP contribution in [0.5, 0.6) is 5.75 Å². The van der Waals surface area contributed by atoms with Crippen LogP contribution in [0.4, 0.5) is 5.82 Å². The zero-order valence-corrected chi connectivity index (χ0v) is 12.0. The molecule has 0 fully saturated rings. The van der Waals surface area contributed by atoms with Crippen LogP contribution >= 0.6 is 0 Å². The molecule has 6 nitrogen and oxygen atoms in total. The summed E-state index contributed by atoms with van der Waals surface area (Å²) in [6, 6.07) is 1.83. The number of aliphatic hydroxyl groups is 1. The van der Waals surface area contributed by atoms with Gasteiger partial charge < -0.3 is 14.7 Å². The van der Waals surface area contributed by atoms with E-state index in [1.807, 2.05) is 32.0 Å². The molecule has 0 saturated heterocycles. The van der Waals surface area contributed by atoms with E-state index in [2.05, 4.69) is 10.1 Å². The Balaban J connectivity index is 2.42. The van der Waals surface area contributed by atoms with Crippen molar-refractivity contribution in [3.8, 4) is 5.75 Å². The molecule has 2 aromatic rings. The maximum atomic E-state index is 9.97. The van der Waals surface area contributed by atoms with E-state index < -0.39 is 5.60 Å². The van der Waals surface area contributed by atoms with Gasteiger partial charge in [0.05, 0.1) is 18.0 Å². The Bertz CT molecular complexity index is 572. The molecular weight excluding hydrogens is 244 g/mol. The van der Waals surface area contributed by atoms with E-state index in [4.69, 9.17) is 4.74 Å². The fourth-order valence-electron chi connectivity index (χ4n) is 1.57. The molecule has 0 unspecified atom stereocenters. The molecular formula is C13H20N4O2. The third kappa shape index (κ3) is 2.78. The van der Waals surface area contributed by atoms with Crippen molar-refractivity contribution in [3.63, 3.8) is 0 Å². The highest BCUT2D eigenvalue weighted by atomic mass is 16.5. The van der Waals surface area contributed by atoms with Gasteiger partial charge in [0.2, 0.25) is 0 Å². The molecule has 6 heteroatoms. The third-order valence-electron chi connectivity index (χ3n) is 3.05. The predicted octanol–water partition coefficient (Wildman–Crippen LogP) is 1.33. The fraction of sp³-hybridized carbons (Fsp3) is 0.538. The van der Waals surface area contributed by atoms with E-state index in [0.717, 1.165) is 5.65 Å². The summed E-state index contributed by atoms with van der Waals surface area (Å²) in [5.41, 5.74) is -0.171. The first-order chi connectivity index (χ1) is 8.79. The zero-order chi connectivity index (χ0) is 14.2. The molecule has 2 aromatic heterocycles. The minimum absolute atomic E-state index is 0.360. The molecule has 0 amide bonds. The maximum absolute atomic E-state index is 9.97. The Morgan fingerprint density at radius 3 is 2.68 bits per heavy atom. The number of hydrogen-bond acceptors (Lipinski definition) is 5. The van der Waals surface area contributed by atoms with Crippen LogP contribution in [-0.2, 0) is 0 Å². The van der Waals surface area contributed by atoms with Gasteiger partial charge in [0.15, 0.2) is 17.2 Å². The van der Waals surface area contributed by atoms with Crippen molar-refractivity contribution in [2.45, 2.75) is 32.5 Å². The van der Waals surface area contributed by atoms with Crippen LogP contribution in [0, 0.1) is 0 Å². The van der Waals surface area contributed by atoms with Crippen LogP contribution in [-0.4, -0.2) is 45.5 Å². The second-order valence-corrected chi connectivity index (χ2v) is 5.37. The summed E-state index contributed by atoms with van der Waals surface area (Å²) in [5.74, 6) is 1.31. The molecule has 1 atom stereocenters. The third-order valence-corrected chi connectivity index (χ3v) is 3.05. The lowest BCUT2D eigenvalue weighted by Crippen LogP contribution is -2.38. The van der Waals surface area contributed by atoms with Crippen molar-refractivity contribution in [2.75, 3.05) is 19.0 Å². The largest absolute Gasteiger partial charge is 0.482 e. The summed E-state index contributed by atoms with van der Waals surface area (Å²) >= 11 is 0. The van der Waals surface area contributed by atoms with Gasteiger partial charge >= 0.3 is 0 Å². The molecule has 1 N–H and O–H groups in total. The number of fused-ring (bicyclic) bond motifs is 1. The average Bonchev–Trinajstić information content (AvgIpc) is 2.73. The molecule has 0 radical (unpaired) electrons. The molecule has 0 aliphatic carbocycles. The van der Waals surface area contributed by atoms with Crippen molar-refractivity contribution in [1.29, 1.82) is 0 Å². The van der Waals surface area contributed by atoms with Crippen molar-refractivity contribution < 1.29 is 9.84 Å². The highest BCUT2D eigenvalue weighted by Gasteiger charge is 2.25. The minimum atomic E-state index is -0.928. The molecule has 0 aliphatic rings. The first-order valence-electron chi connectivity index (χ1n) is 6.20. The lowest BCUT2D eigenvalue weighted by atomic mass is 10.0. The molecule has 0 bridgehead atoms. The minimum Gasteiger partial charge on any atom is -0.482 e. The Morgan fingerprint density at radius 2 is 2.11 bits per heavy atom. The monoisotopic (exact) mass is 264 g/mol. The maximum Gasteiger partial charge on any atom is 0.180 e. The van der Waals surface area contributed by atoms with E-state index in [0.29, 0.717) is 11.6 Å². The number of hydrogen-bond donors (Lipinski definition) is 1. The molecule has 19 heavy (non-hydrogen) atoms. The summed E-state index contributed by atoms with van der Waals surface area (Å²) in [6.07, 6.45) is 3.10. The van der Waals surface area contributed by atoms with E-state index in [1.165, 1.54) is 0 Å². The first kappa shape index (κ1) is 13.6. The van der Waals surface area contributed by atoms with Crippen LogP contribution in [0.3, 0.4) is 0 Å². The highest BCUT2D eigenvalue weighted by Crippen LogP contribution is 2.27. The van der Waals surface area contributed by atoms with Crippen LogP contribution < -0.4 is 9.64 Å². The fourth-order valence-corrected chi connectivity index (χ4v) is 1.57. The van der Waals surface area contributed by atoms with Gasteiger partial charge in [0, 0.05) is 20.2 Å². The van der Waals surface area contributed by atoms with Crippen LogP contribution in [0.2, 0.25) is 0 Å². The van der Waals surface area contributed by atoms with Crippen LogP contribution in [0.1, 0.15) is 20.8 Å². The van der Waals surface area contributed by atoms with Gasteiger partial charge in [-0.1, -0.05) is 0 Å². The first-order valence-corrected chi connectivity index (χ1v) is 6.20. The van der Waals surface area contributed by atoms with Crippen LogP contribution in [0.15, 0.2) is 18.5 Å². The molecule has 2 heterocycles. The van der Waals surface area contributed by atoms with Gasteiger partial charge in [-0.05, 0) is 20.8 Å². The van der Waals surface area contributed by atoms with Crippen molar-refractivity contribution in [1.82, 2.24) is 14.6 Å². The zero-order valence-electron chi connectivity index (χ0n) is 12.0. The number of anilines is 1. The highest BCUT2D eigenvalue weighted by molar-refractivity contribution is 5.56. The normalized spacial score (nSPS) is 13.6. The van der Waals surface area contributed by atoms with Gasteiger partial charge in [-0.25, -0.2) is 9.50 Å². The Labute approximate surface area is 112 Å². The van der Waals surface area contributed by atoms with Crippen LogP contribution in [0.25, 0.3) is 5.65 Å². The molecule has 0 spiro atoms. The van der Waals surface area contributed by atoms with Gasteiger partial charge in [-0.3, -0.25) is 0 Å². The lowest BCUT2D eigenvalue weighted by Gasteiger charge is -2.28. The molecule has 0 aliphatic heterocycles. The number of ether oxygens (including phenoxy) is 1. The van der Waals surface area contributed by atoms with Gasteiger partial charge in [0.1, 0.15) is 6.10 Å². The molecule has 2 rings (SSSR count). The topological polar surface area (TPSA) is 62.9 Å². The average molecular weight is 264 g/mol. The summed E-state index contributed by atoms with van der Waals surface area (Å²) < 4.78 is 7.49. The quantitative estimate of drug-likeness (QED) is 0.902. The summed E-state index contributed by atoms with van der Waals surface area (Å²) in [4.78, 5) is 6.36. The van der Waals surface area contributed by atoms with Crippen molar-refractivity contribution in [2.24, 2.45) is 0 Å². The second kappa shape index (κ2) is 4.70. The number of rotatable bonds is 4. The van der Waals surface area contributed by atoms with Gasteiger partial charge in [0.25, 0.3) is 0 Å². The molecule has 104 valence electrons. The number of nitrogens with zero attached hydrogens (tertiary/aromatic N) is 4. The summed E-state index contributed by atoms with van der Waals surface area (Å²) in [5, 5.41) is 14.1. The standard InChI is InChI=1S/C13H20N4O2/c1-9(13(2,3)18)19-10-8-17-11(6-7-14-17)15-12(10)16(4)5/h6-9,18H,1-5H3/t9-/m0/s1. The number of aromatic nitrogens is 3. The Hall–Kier alpha value is -1.82. The van der Waals surface area contributed by atoms with Crippen molar-refractivity contribution in [3.05, 3.63) is 18.5 Å². The van der Waals surface area contributed by atoms with E-state index in [-0.39, 0.29) is 6.10 Å². The van der Waals surface area contributed by atoms with Gasteiger partial charge in [-0.2, -0.15) is 5.10 Å². The van der Waals surface area contributed by atoms with E-state index in [1.54, 1.807) is 30.8 Å². The second-order valence-electron chi connectivity index (χ2n) is 5.37. The SMILES string of the molecule is C[C@H](Oc1cn2nccc2nc1N(C)C)C(C)(C)O. The predicted molar refractivity (Wildman–Crippen MR) is 73.7 cm³/mol. The Morgan fingerprint density at radius 1 is 1.42 bits per heavy atom. The van der Waals surface area contributed by atoms with E-state index >= 15 is 0 Å². The van der Waals surface area contributed by atoms with Gasteiger partial charge in [-0.15, -0.1) is 0 Å². The van der Waals surface area contributed by atoms with Crippen molar-refractivity contribution >= 4 is 11.5 Å². The molecule has 0 saturated carbocycles. The summed E-state index contributed by atoms with van der Waals surface area (Å²) in [6.45, 7) is 5.26. The smallest absolute Gasteiger partial charge is 0.180 e. The molecule has 0 aromatic carbocycles.